The van der Waals surface area contributed by atoms with Crippen LogP contribution >= 0.6 is 0 Å². The molecular formula is C34H35NO12. The predicted molar refractivity (Wildman–Crippen MR) is 164 cm³/mol. The van der Waals surface area contributed by atoms with E-state index in [9.17, 15) is 39.3 Å². The minimum atomic E-state index is -3.25. The lowest BCUT2D eigenvalue weighted by Gasteiger charge is -2.36. The van der Waals surface area contributed by atoms with Gasteiger partial charge < -0.3 is 39.2 Å². The van der Waals surface area contributed by atoms with Gasteiger partial charge in [-0.3, -0.25) is 9.59 Å². The number of para-hydroxylation sites is 1. The molecule has 1 saturated heterocycles. The Hall–Kier alpha value is -5.27. The van der Waals surface area contributed by atoms with Gasteiger partial charge in [0.25, 0.3) is 5.91 Å². The Labute approximate surface area is 270 Å². The molecule has 4 rings (SSSR count). The highest BCUT2D eigenvalue weighted by molar-refractivity contribution is 6.03. The number of amides is 1. The van der Waals surface area contributed by atoms with Gasteiger partial charge in [-0.05, 0) is 62.1 Å². The molecule has 3 aromatic carbocycles. The second kappa shape index (κ2) is 15.3. The Kier molecular flexibility index (Phi) is 11.3. The molecule has 0 radical (unpaired) electrons. The predicted octanol–water partition coefficient (Wildman–Crippen LogP) is 3.71. The summed E-state index contributed by atoms with van der Waals surface area (Å²) >= 11 is 0. The minimum absolute atomic E-state index is 0.294. The second-order valence-electron chi connectivity index (χ2n) is 10.8. The lowest BCUT2D eigenvalue weighted by molar-refractivity contribution is -0.224. The van der Waals surface area contributed by atoms with Gasteiger partial charge in [0.15, 0.2) is 12.2 Å². The fraction of sp³-hybridized carbons (Fsp3) is 0.324. The van der Waals surface area contributed by atoms with Crippen LogP contribution in [0.2, 0.25) is 0 Å². The number of carbonyl (C=O) groups is 5. The van der Waals surface area contributed by atoms with Gasteiger partial charge in [-0.25, -0.2) is 14.4 Å². The highest BCUT2D eigenvalue weighted by Crippen LogP contribution is 2.35. The molecule has 0 aliphatic carbocycles. The fourth-order valence-electron chi connectivity index (χ4n) is 5.39. The first-order valence-electron chi connectivity index (χ1n) is 14.8. The van der Waals surface area contributed by atoms with Gasteiger partial charge in [-0.1, -0.05) is 60.7 Å². The van der Waals surface area contributed by atoms with Crippen molar-refractivity contribution < 1.29 is 58.2 Å². The summed E-state index contributed by atoms with van der Waals surface area (Å²) in [7, 11) is 0. The van der Waals surface area contributed by atoms with Crippen molar-refractivity contribution in [3.05, 3.63) is 96.1 Å². The van der Waals surface area contributed by atoms with Crippen molar-refractivity contribution in [1.82, 2.24) is 4.90 Å². The molecule has 0 aromatic heterocycles. The molecular weight excluding hydrogens is 614 g/mol. The Morgan fingerprint density at radius 3 is 1.96 bits per heavy atom. The summed E-state index contributed by atoms with van der Waals surface area (Å²) in [4.78, 5) is 63.9. The van der Waals surface area contributed by atoms with Gasteiger partial charge in [-0.15, -0.1) is 0 Å². The Balaban J connectivity index is 1.69. The van der Waals surface area contributed by atoms with Crippen LogP contribution in [0.25, 0.3) is 0 Å². The average molecular weight is 650 g/mol. The molecule has 3 aromatic rings. The summed E-state index contributed by atoms with van der Waals surface area (Å²) in [5.41, 5.74) is 1.71. The maximum atomic E-state index is 14.0. The zero-order valence-electron chi connectivity index (χ0n) is 25.7. The van der Waals surface area contributed by atoms with Crippen LogP contribution in [0.4, 0.5) is 0 Å². The molecule has 0 bridgehead atoms. The molecule has 248 valence electrons. The molecule has 0 spiro atoms. The summed E-state index contributed by atoms with van der Waals surface area (Å²) in [5, 5.41) is 29.5. The van der Waals surface area contributed by atoms with E-state index in [0.717, 1.165) is 16.0 Å². The average Bonchev–Trinajstić information content (AvgIpc) is 3.48. The highest BCUT2D eigenvalue weighted by Gasteiger charge is 2.65. The normalized spacial score (nSPS) is 20.0. The maximum Gasteiger partial charge on any atom is 0.379 e. The number of carboxylic acids is 3. The number of rotatable bonds is 15. The van der Waals surface area contributed by atoms with E-state index in [-0.39, 0.29) is 6.61 Å². The van der Waals surface area contributed by atoms with Gasteiger partial charge in [0.1, 0.15) is 18.0 Å². The van der Waals surface area contributed by atoms with Crippen LogP contribution in [-0.2, 0) is 44.6 Å². The number of esters is 1. The summed E-state index contributed by atoms with van der Waals surface area (Å²) < 4.78 is 21.0. The van der Waals surface area contributed by atoms with Crippen molar-refractivity contribution in [1.29, 1.82) is 0 Å². The van der Waals surface area contributed by atoms with Crippen LogP contribution in [0.3, 0.4) is 0 Å². The van der Waals surface area contributed by atoms with Crippen molar-refractivity contribution in [2.75, 3.05) is 13.2 Å². The van der Waals surface area contributed by atoms with E-state index in [1.54, 1.807) is 43.3 Å². The van der Waals surface area contributed by atoms with E-state index in [4.69, 9.17) is 18.9 Å². The third kappa shape index (κ3) is 8.12. The summed E-state index contributed by atoms with van der Waals surface area (Å²) in [6.45, 7) is 1.80. The van der Waals surface area contributed by atoms with E-state index < -0.39 is 66.3 Å². The molecule has 1 aliphatic rings. The van der Waals surface area contributed by atoms with Gasteiger partial charge in [-0.2, -0.15) is 0 Å². The molecule has 0 saturated carbocycles. The van der Waals surface area contributed by atoms with E-state index in [0.29, 0.717) is 24.3 Å². The number of nitrogens with zero attached hydrogens (tertiary/aromatic N) is 1. The van der Waals surface area contributed by atoms with Gasteiger partial charge in [0.05, 0.1) is 6.61 Å². The van der Waals surface area contributed by atoms with Crippen molar-refractivity contribution in [2.24, 2.45) is 0 Å². The third-order valence-electron chi connectivity index (χ3n) is 7.71. The number of carboxylic acid groups (broad SMARTS) is 3. The molecule has 1 fully saturated rings. The second-order valence-corrected chi connectivity index (χ2v) is 10.8. The highest BCUT2D eigenvalue weighted by atomic mass is 16.8. The molecule has 1 amide bonds. The van der Waals surface area contributed by atoms with Crippen LogP contribution in [0.5, 0.6) is 11.5 Å². The molecule has 13 nitrogen and oxygen atoms in total. The lowest BCUT2D eigenvalue weighted by Crippen LogP contribution is -2.53. The van der Waals surface area contributed by atoms with E-state index in [2.05, 4.69) is 0 Å². The van der Waals surface area contributed by atoms with Crippen molar-refractivity contribution in [3.63, 3.8) is 0 Å². The molecule has 0 unspecified atom stereocenters. The molecule has 3 N–H and O–H groups in total. The molecule has 47 heavy (non-hydrogen) atoms. The molecule has 1 heterocycles. The summed E-state index contributed by atoms with van der Waals surface area (Å²) in [5.74, 6) is -10.6. The number of carbonyl (C=O) groups excluding carboxylic acids is 2. The Morgan fingerprint density at radius 2 is 1.40 bits per heavy atom. The van der Waals surface area contributed by atoms with Crippen molar-refractivity contribution in [2.45, 2.75) is 56.6 Å². The lowest BCUT2D eigenvalue weighted by atomic mass is 9.85. The van der Waals surface area contributed by atoms with Crippen LogP contribution in [0.15, 0.2) is 84.9 Å². The van der Waals surface area contributed by atoms with Gasteiger partial charge in [0.2, 0.25) is 0 Å². The number of ether oxygens (including phenoxy) is 4. The summed E-state index contributed by atoms with van der Waals surface area (Å²) in [6, 6.07) is 24.8. The molecule has 5 atom stereocenters. The minimum Gasteiger partial charge on any atom is -0.480 e. The molecule has 13 heteroatoms. The van der Waals surface area contributed by atoms with Crippen molar-refractivity contribution in [3.8, 4) is 11.5 Å². The number of aliphatic carboxylic acids is 3. The van der Waals surface area contributed by atoms with Crippen LogP contribution in [0, 0.1) is 0 Å². The summed E-state index contributed by atoms with van der Waals surface area (Å²) in [6.07, 6.45) is -3.48. The van der Waals surface area contributed by atoms with Crippen LogP contribution < -0.4 is 4.74 Å². The van der Waals surface area contributed by atoms with Gasteiger partial charge >= 0.3 is 29.7 Å². The van der Waals surface area contributed by atoms with Gasteiger partial charge in [0, 0.05) is 12.0 Å². The number of hydrogen-bond donors (Lipinski definition) is 3. The van der Waals surface area contributed by atoms with E-state index in [1.807, 2.05) is 48.5 Å². The SMILES string of the molecule is CCOC(=O)[C@@]1(C(=O)O)O[C@@H](C(=O)O)[C@H](C(=O)N(CC(=O)O)[C@H](C)[C@H](CCc2ccccc2)c2ccc(Oc3ccccc3)cc2)O1. The Morgan fingerprint density at radius 1 is 0.830 bits per heavy atom. The third-order valence-corrected chi connectivity index (χ3v) is 7.71. The standard InChI is InChI=1S/C34H35NO12/c1-3-44-33(43)34(32(41)42)46-28(29(47-34)31(39)40)30(38)35(20-27(36)37)21(2)26(19-14-22-10-6-4-7-11-22)23-15-17-25(18-16-23)45-24-12-8-5-9-13-24/h4-13,15-18,21,26,28-29H,3,14,19-20H2,1-2H3,(H,36,37)(H,39,40)(H,41,42)/t21-,26+,28-,29-,34-/m1/s1. The maximum absolute atomic E-state index is 14.0. The van der Waals surface area contributed by atoms with Crippen molar-refractivity contribution >= 4 is 29.8 Å². The fourth-order valence-corrected chi connectivity index (χ4v) is 5.39. The van der Waals surface area contributed by atoms with E-state index >= 15 is 0 Å². The Bertz CT molecular complexity index is 1560. The largest absolute Gasteiger partial charge is 0.480 e. The monoisotopic (exact) mass is 649 g/mol. The zero-order chi connectivity index (χ0) is 34.1. The van der Waals surface area contributed by atoms with E-state index in [1.165, 1.54) is 6.92 Å². The first-order valence-corrected chi connectivity index (χ1v) is 14.8. The number of benzene rings is 3. The smallest absolute Gasteiger partial charge is 0.379 e. The number of aryl methyl sites for hydroxylation is 1. The topological polar surface area (TPSA) is 186 Å². The molecule has 1 aliphatic heterocycles. The quantitative estimate of drug-likeness (QED) is 0.160. The van der Waals surface area contributed by atoms with Crippen LogP contribution in [-0.4, -0.2) is 87.2 Å². The first-order chi connectivity index (χ1) is 22.5. The first kappa shape index (κ1) is 34.6. The zero-order valence-corrected chi connectivity index (χ0v) is 25.7. The number of hydrogen-bond acceptors (Lipinski definition) is 9. The van der Waals surface area contributed by atoms with Crippen LogP contribution in [0.1, 0.15) is 37.3 Å².